The van der Waals surface area contributed by atoms with E-state index < -0.39 is 0 Å². The van der Waals surface area contributed by atoms with Crippen LogP contribution in [-0.2, 0) is 6.54 Å². The summed E-state index contributed by atoms with van der Waals surface area (Å²) in [7, 11) is 0. The Labute approximate surface area is 128 Å². The van der Waals surface area contributed by atoms with Gasteiger partial charge in [0.1, 0.15) is 4.60 Å². The average Bonchev–Trinajstić information content (AvgIpc) is 3.00. The maximum absolute atomic E-state index is 4.46. The summed E-state index contributed by atoms with van der Waals surface area (Å²) in [5.74, 6) is 0. The largest absolute Gasteiger partial charge is 0.378 e. The third-order valence-electron chi connectivity index (χ3n) is 3.58. The highest BCUT2D eigenvalue weighted by atomic mass is 79.9. The number of hydrogen-bond donors (Lipinski definition) is 1. The van der Waals surface area contributed by atoms with Crippen LogP contribution in [0, 0.1) is 0 Å². The molecule has 1 N–H and O–H groups in total. The molecule has 0 radical (unpaired) electrons. The van der Waals surface area contributed by atoms with Gasteiger partial charge in [-0.1, -0.05) is 18.2 Å². The Balaban J connectivity index is 1.74. The Morgan fingerprint density at radius 1 is 1.05 bits per heavy atom. The van der Waals surface area contributed by atoms with Crippen LogP contribution in [0.1, 0.15) is 18.5 Å². The average molecular weight is 332 g/mol. The van der Waals surface area contributed by atoms with E-state index in [1.807, 2.05) is 18.2 Å². The number of nitrogens with zero attached hydrogens (tertiary/aromatic N) is 2. The highest BCUT2D eigenvalue weighted by Crippen LogP contribution is 2.28. The first-order valence-electron chi connectivity index (χ1n) is 7.02. The molecule has 4 heteroatoms. The van der Waals surface area contributed by atoms with Gasteiger partial charge < -0.3 is 10.2 Å². The van der Waals surface area contributed by atoms with E-state index in [4.69, 9.17) is 0 Å². The van der Waals surface area contributed by atoms with Crippen LogP contribution in [0.5, 0.6) is 0 Å². The number of anilines is 2. The van der Waals surface area contributed by atoms with Crippen LogP contribution >= 0.6 is 15.9 Å². The number of para-hydroxylation sites is 2. The fourth-order valence-corrected chi connectivity index (χ4v) is 2.97. The van der Waals surface area contributed by atoms with Crippen LogP contribution in [0.3, 0.4) is 0 Å². The van der Waals surface area contributed by atoms with Crippen LogP contribution < -0.4 is 10.2 Å². The summed E-state index contributed by atoms with van der Waals surface area (Å²) in [5.41, 5.74) is 3.53. The first-order chi connectivity index (χ1) is 9.83. The molecular formula is C16H18BrN3. The maximum atomic E-state index is 4.46. The van der Waals surface area contributed by atoms with Gasteiger partial charge in [0.05, 0.1) is 23.6 Å². The van der Waals surface area contributed by atoms with Crippen molar-refractivity contribution in [3.8, 4) is 0 Å². The van der Waals surface area contributed by atoms with Gasteiger partial charge in [0.2, 0.25) is 0 Å². The van der Waals surface area contributed by atoms with E-state index in [9.17, 15) is 0 Å². The fraction of sp³-hybridized carbons (Fsp3) is 0.312. The molecule has 0 aliphatic carbocycles. The van der Waals surface area contributed by atoms with E-state index in [-0.39, 0.29) is 0 Å². The lowest BCUT2D eigenvalue weighted by Gasteiger charge is -2.21. The van der Waals surface area contributed by atoms with E-state index in [1.54, 1.807) is 0 Å². The quantitative estimate of drug-likeness (QED) is 0.856. The number of pyridine rings is 1. The van der Waals surface area contributed by atoms with Gasteiger partial charge in [-0.05, 0) is 53.0 Å². The van der Waals surface area contributed by atoms with Crippen LogP contribution in [0.25, 0.3) is 0 Å². The maximum Gasteiger partial charge on any atom is 0.106 e. The summed E-state index contributed by atoms with van der Waals surface area (Å²) < 4.78 is 0.879. The molecule has 3 rings (SSSR count). The summed E-state index contributed by atoms with van der Waals surface area (Å²) in [6.07, 6.45) is 2.59. The zero-order valence-electron chi connectivity index (χ0n) is 11.3. The Kier molecular flexibility index (Phi) is 4.21. The lowest BCUT2D eigenvalue weighted by Crippen LogP contribution is -2.19. The number of halogens is 1. The van der Waals surface area contributed by atoms with Gasteiger partial charge in [-0.2, -0.15) is 0 Å². The predicted octanol–water partition coefficient (Wildman–Crippen LogP) is 4.06. The molecule has 0 spiro atoms. The van der Waals surface area contributed by atoms with E-state index in [0.717, 1.165) is 29.9 Å². The first kappa shape index (κ1) is 13.4. The second kappa shape index (κ2) is 6.27. The van der Waals surface area contributed by atoms with Crippen LogP contribution in [0.2, 0.25) is 0 Å². The zero-order chi connectivity index (χ0) is 13.8. The molecule has 2 heterocycles. The zero-order valence-corrected chi connectivity index (χ0v) is 12.9. The minimum absolute atomic E-state index is 0.740. The van der Waals surface area contributed by atoms with Crippen molar-refractivity contribution >= 4 is 27.3 Å². The lowest BCUT2D eigenvalue weighted by atomic mass is 10.2. The van der Waals surface area contributed by atoms with Gasteiger partial charge in [-0.3, -0.25) is 0 Å². The van der Waals surface area contributed by atoms with Crippen molar-refractivity contribution in [2.45, 2.75) is 19.4 Å². The Morgan fingerprint density at radius 2 is 1.85 bits per heavy atom. The molecule has 0 bridgehead atoms. The first-order valence-corrected chi connectivity index (χ1v) is 7.81. The molecule has 0 amide bonds. The van der Waals surface area contributed by atoms with Crippen LogP contribution in [0.15, 0.2) is 47.1 Å². The van der Waals surface area contributed by atoms with Crippen molar-refractivity contribution in [1.82, 2.24) is 4.98 Å². The number of aromatic nitrogens is 1. The van der Waals surface area contributed by atoms with Gasteiger partial charge in [0.25, 0.3) is 0 Å². The fourth-order valence-electron chi connectivity index (χ4n) is 2.59. The standard InChI is InChI=1S/C16H18BrN3/c17-16-9-5-6-13(19-16)12-18-14-7-1-2-8-15(14)20-10-3-4-11-20/h1-2,5-9,18H,3-4,10-12H2. The van der Waals surface area contributed by atoms with Gasteiger partial charge in [0, 0.05) is 13.1 Å². The lowest BCUT2D eigenvalue weighted by molar-refractivity contribution is 0.949. The second-order valence-electron chi connectivity index (χ2n) is 5.02. The molecule has 104 valence electrons. The predicted molar refractivity (Wildman–Crippen MR) is 87.2 cm³/mol. The Morgan fingerprint density at radius 3 is 2.65 bits per heavy atom. The van der Waals surface area contributed by atoms with Gasteiger partial charge in [0.15, 0.2) is 0 Å². The smallest absolute Gasteiger partial charge is 0.106 e. The number of hydrogen-bond acceptors (Lipinski definition) is 3. The number of nitrogens with one attached hydrogen (secondary N) is 1. The van der Waals surface area contributed by atoms with E-state index >= 15 is 0 Å². The van der Waals surface area contributed by atoms with Gasteiger partial charge in [-0.15, -0.1) is 0 Å². The van der Waals surface area contributed by atoms with Gasteiger partial charge >= 0.3 is 0 Å². The molecular weight excluding hydrogens is 314 g/mol. The third-order valence-corrected chi connectivity index (χ3v) is 4.03. The van der Waals surface area contributed by atoms with Crippen LogP contribution in [0.4, 0.5) is 11.4 Å². The Hall–Kier alpha value is -1.55. The summed E-state index contributed by atoms with van der Waals surface area (Å²) in [4.78, 5) is 6.91. The molecule has 1 aromatic carbocycles. The molecule has 0 atom stereocenters. The van der Waals surface area contributed by atoms with Crippen molar-refractivity contribution in [2.24, 2.45) is 0 Å². The normalized spacial score (nSPS) is 14.6. The molecule has 1 fully saturated rings. The second-order valence-corrected chi connectivity index (χ2v) is 5.83. The molecule has 3 nitrogen and oxygen atoms in total. The van der Waals surface area contributed by atoms with E-state index in [1.165, 1.54) is 24.2 Å². The topological polar surface area (TPSA) is 28.2 Å². The molecule has 2 aromatic rings. The monoisotopic (exact) mass is 331 g/mol. The summed E-state index contributed by atoms with van der Waals surface area (Å²) >= 11 is 3.41. The number of benzene rings is 1. The highest BCUT2D eigenvalue weighted by Gasteiger charge is 2.15. The van der Waals surface area contributed by atoms with Gasteiger partial charge in [-0.25, -0.2) is 4.98 Å². The minimum Gasteiger partial charge on any atom is -0.378 e. The van der Waals surface area contributed by atoms with Crippen molar-refractivity contribution in [3.63, 3.8) is 0 Å². The third kappa shape index (κ3) is 3.12. The SMILES string of the molecule is Brc1cccc(CNc2ccccc2N2CCCC2)n1. The summed E-state index contributed by atoms with van der Waals surface area (Å²) in [6, 6.07) is 14.5. The van der Waals surface area contributed by atoms with Crippen LogP contribution in [-0.4, -0.2) is 18.1 Å². The van der Waals surface area contributed by atoms with E-state index in [0.29, 0.717) is 0 Å². The molecule has 0 unspecified atom stereocenters. The Bertz CT molecular complexity index is 579. The molecule has 1 aromatic heterocycles. The molecule has 20 heavy (non-hydrogen) atoms. The molecule has 0 saturated carbocycles. The summed E-state index contributed by atoms with van der Waals surface area (Å²) in [5, 5.41) is 3.51. The van der Waals surface area contributed by atoms with Crippen molar-refractivity contribution < 1.29 is 0 Å². The van der Waals surface area contributed by atoms with Crippen molar-refractivity contribution in [1.29, 1.82) is 0 Å². The molecule has 1 aliphatic rings. The molecule has 1 saturated heterocycles. The highest BCUT2D eigenvalue weighted by molar-refractivity contribution is 9.10. The van der Waals surface area contributed by atoms with Crippen molar-refractivity contribution in [3.05, 3.63) is 52.8 Å². The molecule has 1 aliphatic heterocycles. The minimum atomic E-state index is 0.740. The summed E-state index contributed by atoms with van der Waals surface area (Å²) in [6.45, 7) is 3.06. The van der Waals surface area contributed by atoms with E-state index in [2.05, 4.69) is 55.4 Å². The van der Waals surface area contributed by atoms with Crippen molar-refractivity contribution in [2.75, 3.05) is 23.3 Å². The number of rotatable bonds is 4.